The molecule has 1 N–H and O–H groups in total. The van der Waals surface area contributed by atoms with E-state index in [2.05, 4.69) is 5.32 Å². The summed E-state index contributed by atoms with van der Waals surface area (Å²) in [5, 5.41) is 3.01. The predicted octanol–water partition coefficient (Wildman–Crippen LogP) is 1.53. The molecule has 1 unspecified atom stereocenters. The minimum absolute atomic E-state index is 0.162. The highest BCUT2D eigenvalue weighted by atomic mass is 35.5. The van der Waals surface area contributed by atoms with Crippen molar-refractivity contribution in [1.29, 1.82) is 0 Å². The molecular weight excluding hydrogens is 162 g/mol. The summed E-state index contributed by atoms with van der Waals surface area (Å²) in [7, 11) is 0. The SMILES string of the molecule is CC(Cl)CCNC(=O)C1CC1. The molecule has 1 aliphatic carbocycles. The smallest absolute Gasteiger partial charge is 0.223 e. The normalized spacial score (nSPS) is 19.5. The zero-order valence-corrected chi connectivity index (χ0v) is 7.53. The molecule has 1 fully saturated rings. The number of amides is 1. The third kappa shape index (κ3) is 3.61. The molecule has 1 amide bonds. The van der Waals surface area contributed by atoms with E-state index in [0.29, 0.717) is 5.92 Å². The molecule has 3 heteroatoms. The van der Waals surface area contributed by atoms with Crippen molar-refractivity contribution in [2.24, 2.45) is 5.92 Å². The summed E-state index contributed by atoms with van der Waals surface area (Å²) in [4.78, 5) is 11.0. The fourth-order valence-corrected chi connectivity index (χ4v) is 0.993. The first-order chi connectivity index (χ1) is 5.20. The van der Waals surface area contributed by atoms with Crippen LogP contribution in [0.1, 0.15) is 26.2 Å². The monoisotopic (exact) mass is 175 g/mol. The maximum atomic E-state index is 11.0. The Morgan fingerprint density at radius 1 is 1.73 bits per heavy atom. The molecule has 0 saturated heterocycles. The number of hydrogen-bond acceptors (Lipinski definition) is 1. The Morgan fingerprint density at radius 3 is 2.82 bits per heavy atom. The van der Waals surface area contributed by atoms with Crippen molar-refractivity contribution >= 4 is 17.5 Å². The van der Waals surface area contributed by atoms with E-state index in [1.165, 1.54) is 0 Å². The molecule has 0 bridgehead atoms. The Bertz CT molecular complexity index is 143. The summed E-state index contributed by atoms with van der Waals surface area (Å²) in [6.45, 7) is 2.66. The standard InChI is InChI=1S/C8H14ClNO/c1-6(9)4-5-10-8(11)7-2-3-7/h6-7H,2-5H2,1H3,(H,10,11). The topological polar surface area (TPSA) is 29.1 Å². The lowest BCUT2D eigenvalue weighted by Crippen LogP contribution is -2.26. The molecule has 1 atom stereocenters. The Balaban J connectivity index is 1.97. The molecule has 0 aromatic carbocycles. The summed E-state index contributed by atoms with van der Waals surface area (Å²) >= 11 is 5.71. The van der Waals surface area contributed by atoms with E-state index in [9.17, 15) is 4.79 Å². The second kappa shape index (κ2) is 3.96. The predicted molar refractivity (Wildman–Crippen MR) is 45.7 cm³/mol. The van der Waals surface area contributed by atoms with Crippen LogP contribution in [0.4, 0.5) is 0 Å². The van der Waals surface area contributed by atoms with Gasteiger partial charge in [0.2, 0.25) is 5.91 Å². The Kier molecular flexibility index (Phi) is 3.18. The van der Waals surface area contributed by atoms with Crippen molar-refractivity contribution < 1.29 is 4.79 Å². The van der Waals surface area contributed by atoms with E-state index < -0.39 is 0 Å². The van der Waals surface area contributed by atoms with Crippen LogP contribution in [0.25, 0.3) is 0 Å². The fourth-order valence-electron chi connectivity index (χ4n) is 0.884. The summed E-state index contributed by atoms with van der Waals surface area (Å²) in [5.74, 6) is 0.531. The molecule has 1 saturated carbocycles. The van der Waals surface area contributed by atoms with Gasteiger partial charge in [-0.2, -0.15) is 0 Å². The highest BCUT2D eigenvalue weighted by Crippen LogP contribution is 2.28. The average molecular weight is 176 g/mol. The number of carbonyl (C=O) groups is 1. The molecule has 0 aromatic rings. The second-order valence-electron chi connectivity index (χ2n) is 3.13. The van der Waals surface area contributed by atoms with E-state index in [4.69, 9.17) is 11.6 Å². The number of nitrogens with one attached hydrogen (secondary N) is 1. The molecule has 1 rings (SSSR count). The van der Waals surface area contributed by atoms with Gasteiger partial charge in [0, 0.05) is 17.8 Å². The molecule has 11 heavy (non-hydrogen) atoms. The minimum atomic E-state index is 0.162. The lowest BCUT2D eigenvalue weighted by Gasteiger charge is -2.04. The highest BCUT2D eigenvalue weighted by molar-refractivity contribution is 6.20. The van der Waals surface area contributed by atoms with E-state index in [1.807, 2.05) is 6.92 Å². The van der Waals surface area contributed by atoms with E-state index in [-0.39, 0.29) is 11.3 Å². The first-order valence-corrected chi connectivity index (χ1v) is 4.55. The molecule has 0 aromatic heterocycles. The van der Waals surface area contributed by atoms with Gasteiger partial charge in [0.1, 0.15) is 0 Å². The summed E-state index contributed by atoms with van der Waals surface area (Å²) in [6, 6.07) is 0. The van der Waals surface area contributed by atoms with Crippen molar-refractivity contribution in [1.82, 2.24) is 5.32 Å². The van der Waals surface area contributed by atoms with Crippen molar-refractivity contribution in [2.75, 3.05) is 6.54 Å². The van der Waals surface area contributed by atoms with Crippen LogP contribution in [0.15, 0.2) is 0 Å². The average Bonchev–Trinajstić information content (AvgIpc) is 2.66. The number of carbonyl (C=O) groups excluding carboxylic acids is 1. The van der Waals surface area contributed by atoms with Gasteiger partial charge in [0.25, 0.3) is 0 Å². The van der Waals surface area contributed by atoms with Gasteiger partial charge in [-0.15, -0.1) is 11.6 Å². The molecule has 1 aliphatic rings. The van der Waals surface area contributed by atoms with Crippen LogP contribution >= 0.6 is 11.6 Å². The quantitative estimate of drug-likeness (QED) is 0.646. The first-order valence-electron chi connectivity index (χ1n) is 4.12. The summed E-state index contributed by atoms with van der Waals surface area (Å²) in [5.41, 5.74) is 0. The van der Waals surface area contributed by atoms with Gasteiger partial charge in [-0.25, -0.2) is 0 Å². The fraction of sp³-hybridized carbons (Fsp3) is 0.875. The van der Waals surface area contributed by atoms with Gasteiger partial charge in [-0.1, -0.05) is 0 Å². The van der Waals surface area contributed by atoms with Gasteiger partial charge < -0.3 is 5.32 Å². The van der Waals surface area contributed by atoms with Crippen LogP contribution in [0.2, 0.25) is 0 Å². The van der Waals surface area contributed by atoms with Crippen molar-refractivity contribution in [3.05, 3.63) is 0 Å². The largest absolute Gasteiger partial charge is 0.356 e. The number of alkyl halides is 1. The summed E-state index contributed by atoms with van der Waals surface area (Å²) in [6.07, 6.45) is 3.00. The van der Waals surface area contributed by atoms with E-state index in [1.54, 1.807) is 0 Å². The van der Waals surface area contributed by atoms with Crippen LogP contribution in [-0.2, 0) is 4.79 Å². The molecule has 0 spiro atoms. The molecular formula is C8H14ClNO. The molecule has 0 aliphatic heterocycles. The molecule has 2 nitrogen and oxygen atoms in total. The minimum Gasteiger partial charge on any atom is -0.356 e. The third-order valence-corrected chi connectivity index (χ3v) is 2.01. The second-order valence-corrected chi connectivity index (χ2v) is 3.88. The lowest BCUT2D eigenvalue weighted by molar-refractivity contribution is -0.122. The maximum absolute atomic E-state index is 11.0. The lowest BCUT2D eigenvalue weighted by atomic mass is 10.3. The number of hydrogen-bond donors (Lipinski definition) is 1. The summed E-state index contributed by atoms with van der Waals surface area (Å²) < 4.78 is 0. The van der Waals surface area contributed by atoms with Crippen LogP contribution in [0, 0.1) is 5.92 Å². The Hall–Kier alpha value is -0.240. The molecule has 64 valence electrons. The van der Waals surface area contributed by atoms with Crippen molar-refractivity contribution in [3.63, 3.8) is 0 Å². The molecule has 0 radical (unpaired) electrons. The van der Waals surface area contributed by atoms with Crippen LogP contribution < -0.4 is 5.32 Å². The van der Waals surface area contributed by atoms with Gasteiger partial charge in [0.05, 0.1) is 0 Å². The van der Waals surface area contributed by atoms with Gasteiger partial charge in [-0.3, -0.25) is 4.79 Å². The Labute approximate surface area is 72.3 Å². The van der Waals surface area contributed by atoms with E-state index >= 15 is 0 Å². The first kappa shape index (κ1) is 8.85. The van der Waals surface area contributed by atoms with Crippen LogP contribution in [0.3, 0.4) is 0 Å². The number of halogens is 1. The number of rotatable bonds is 4. The van der Waals surface area contributed by atoms with Crippen LogP contribution in [-0.4, -0.2) is 17.8 Å². The zero-order chi connectivity index (χ0) is 8.27. The van der Waals surface area contributed by atoms with Crippen LogP contribution in [0.5, 0.6) is 0 Å². The Morgan fingerprint density at radius 2 is 2.36 bits per heavy atom. The van der Waals surface area contributed by atoms with Crippen molar-refractivity contribution in [3.8, 4) is 0 Å². The van der Waals surface area contributed by atoms with Gasteiger partial charge in [0.15, 0.2) is 0 Å². The highest BCUT2D eigenvalue weighted by Gasteiger charge is 2.28. The van der Waals surface area contributed by atoms with Crippen molar-refractivity contribution in [2.45, 2.75) is 31.6 Å². The zero-order valence-electron chi connectivity index (χ0n) is 6.77. The maximum Gasteiger partial charge on any atom is 0.223 e. The van der Waals surface area contributed by atoms with Gasteiger partial charge in [-0.05, 0) is 26.2 Å². The third-order valence-electron chi connectivity index (χ3n) is 1.79. The van der Waals surface area contributed by atoms with E-state index in [0.717, 1.165) is 25.8 Å². The molecule has 0 heterocycles. The van der Waals surface area contributed by atoms with Gasteiger partial charge >= 0.3 is 0 Å².